The van der Waals surface area contributed by atoms with Gasteiger partial charge in [-0.1, -0.05) is 5.16 Å². The molecule has 3 heterocycles. The molecule has 0 radical (unpaired) electrons. The minimum absolute atomic E-state index is 0.186. The zero-order valence-corrected chi connectivity index (χ0v) is 17.7. The van der Waals surface area contributed by atoms with E-state index >= 15 is 0 Å². The van der Waals surface area contributed by atoms with Crippen molar-refractivity contribution in [3.05, 3.63) is 54.0 Å². The van der Waals surface area contributed by atoms with Gasteiger partial charge in [-0.25, -0.2) is 4.98 Å². The van der Waals surface area contributed by atoms with Crippen LogP contribution in [0.2, 0.25) is 0 Å². The van der Waals surface area contributed by atoms with Gasteiger partial charge >= 0.3 is 0 Å². The molecule has 4 rings (SSSR count). The molecule has 4 aromatic rings. The number of carbonyl (C=O) groups is 1. The first kappa shape index (κ1) is 20.5. The van der Waals surface area contributed by atoms with Crippen molar-refractivity contribution >= 4 is 22.4 Å². The SMILES string of the molecule is COc1ccc(-c2csc(NC(=O)CCc3nc(-c4cccnc4)no3)n2)cc1OC. The molecule has 0 saturated heterocycles. The van der Waals surface area contributed by atoms with Gasteiger partial charge in [0.25, 0.3) is 0 Å². The lowest BCUT2D eigenvalue weighted by Crippen LogP contribution is -2.12. The van der Waals surface area contributed by atoms with Crippen LogP contribution in [0.3, 0.4) is 0 Å². The number of rotatable bonds is 8. The van der Waals surface area contributed by atoms with Crippen LogP contribution in [0.25, 0.3) is 22.6 Å². The van der Waals surface area contributed by atoms with Gasteiger partial charge in [0.1, 0.15) is 0 Å². The Bertz CT molecular complexity index is 1180. The van der Waals surface area contributed by atoms with Crippen molar-refractivity contribution in [3.63, 3.8) is 0 Å². The molecule has 31 heavy (non-hydrogen) atoms. The third-order valence-electron chi connectivity index (χ3n) is 4.38. The highest BCUT2D eigenvalue weighted by Crippen LogP contribution is 2.33. The molecule has 3 aromatic heterocycles. The Morgan fingerprint density at radius 3 is 2.77 bits per heavy atom. The van der Waals surface area contributed by atoms with Gasteiger partial charge < -0.3 is 19.3 Å². The predicted molar refractivity (Wildman–Crippen MR) is 115 cm³/mol. The van der Waals surface area contributed by atoms with Gasteiger partial charge in [0.05, 0.1) is 19.9 Å². The van der Waals surface area contributed by atoms with Crippen molar-refractivity contribution in [2.24, 2.45) is 0 Å². The molecule has 0 bridgehead atoms. The minimum atomic E-state index is -0.186. The minimum Gasteiger partial charge on any atom is -0.493 e. The van der Waals surface area contributed by atoms with Crippen LogP contribution in [-0.4, -0.2) is 40.2 Å². The van der Waals surface area contributed by atoms with Crippen LogP contribution in [0.5, 0.6) is 11.5 Å². The van der Waals surface area contributed by atoms with E-state index in [0.717, 1.165) is 16.8 Å². The lowest BCUT2D eigenvalue weighted by atomic mass is 10.1. The molecule has 9 nitrogen and oxygen atoms in total. The van der Waals surface area contributed by atoms with E-state index < -0.39 is 0 Å². The summed E-state index contributed by atoms with van der Waals surface area (Å²) in [4.78, 5) is 25.1. The maximum atomic E-state index is 12.3. The summed E-state index contributed by atoms with van der Waals surface area (Å²) in [6.07, 6.45) is 3.84. The first-order chi connectivity index (χ1) is 15.2. The Hall–Kier alpha value is -3.79. The van der Waals surface area contributed by atoms with Gasteiger partial charge in [-0.3, -0.25) is 9.78 Å². The van der Waals surface area contributed by atoms with Gasteiger partial charge in [-0.05, 0) is 30.3 Å². The molecule has 0 fully saturated rings. The Labute approximate surface area is 182 Å². The number of benzene rings is 1. The fourth-order valence-corrected chi connectivity index (χ4v) is 3.57. The summed E-state index contributed by atoms with van der Waals surface area (Å²) in [5.74, 6) is 1.91. The highest BCUT2D eigenvalue weighted by atomic mass is 32.1. The molecule has 1 amide bonds. The predicted octanol–water partition coefficient (Wildman–Crippen LogP) is 3.84. The largest absolute Gasteiger partial charge is 0.493 e. The summed E-state index contributed by atoms with van der Waals surface area (Å²) in [6.45, 7) is 0. The molecule has 158 valence electrons. The second kappa shape index (κ2) is 9.35. The fourth-order valence-electron chi connectivity index (χ4n) is 2.83. The molecule has 0 saturated carbocycles. The molecule has 0 atom stereocenters. The third kappa shape index (κ3) is 4.86. The van der Waals surface area contributed by atoms with E-state index in [2.05, 4.69) is 25.4 Å². The van der Waals surface area contributed by atoms with Crippen LogP contribution in [0.4, 0.5) is 5.13 Å². The third-order valence-corrected chi connectivity index (χ3v) is 5.14. The number of aryl methyl sites for hydroxylation is 1. The van der Waals surface area contributed by atoms with Crippen molar-refractivity contribution < 1.29 is 18.8 Å². The Morgan fingerprint density at radius 2 is 2.00 bits per heavy atom. The van der Waals surface area contributed by atoms with E-state index in [1.54, 1.807) is 32.7 Å². The average molecular weight is 437 g/mol. The van der Waals surface area contributed by atoms with E-state index in [9.17, 15) is 4.79 Å². The Balaban J connectivity index is 1.35. The molecule has 10 heteroatoms. The van der Waals surface area contributed by atoms with E-state index in [1.807, 2.05) is 29.6 Å². The van der Waals surface area contributed by atoms with Gasteiger partial charge in [-0.2, -0.15) is 4.98 Å². The lowest BCUT2D eigenvalue weighted by molar-refractivity contribution is -0.116. The smallest absolute Gasteiger partial charge is 0.227 e. The molecule has 0 spiro atoms. The maximum absolute atomic E-state index is 12.3. The van der Waals surface area contributed by atoms with Crippen LogP contribution in [-0.2, 0) is 11.2 Å². The number of pyridine rings is 1. The number of anilines is 1. The van der Waals surface area contributed by atoms with Crippen LogP contribution >= 0.6 is 11.3 Å². The zero-order chi connectivity index (χ0) is 21.6. The summed E-state index contributed by atoms with van der Waals surface area (Å²) < 4.78 is 15.8. The second-order valence-electron chi connectivity index (χ2n) is 6.41. The zero-order valence-electron chi connectivity index (χ0n) is 16.9. The Kier molecular flexibility index (Phi) is 6.18. The number of aromatic nitrogens is 4. The molecule has 1 aromatic carbocycles. The molecule has 0 aliphatic heterocycles. The monoisotopic (exact) mass is 437 g/mol. The lowest BCUT2D eigenvalue weighted by Gasteiger charge is -2.08. The van der Waals surface area contributed by atoms with Gasteiger partial charge in [0, 0.05) is 41.7 Å². The van der Waals surface area contributed by atoms with Crippen molar-refractivity contribution in [1.82, 2.24) is 20.1 Å². The molecular formula is C21H19N5O4S. The number of ether oxygens (including phenoxy) is 2. The summed E-state index contributed by atoms with van der Waals surface area (Å²) >= 11 is 1.35. The summed E-state index contributed by atoms with van der Waals surface area (Å²) in [7, 11) is 3.17. The number of hydrogen-bond acceptors (Lipinski definition) is 9. The number of hydrogen-bond donors (Lipinski definition) is 1. The van der Waals surface area contributed by atoms with E-state index in [1.165, 1.54) is 11.3 Å². The maximum Gasteiger partial charge on any atom is 0.227 e. The van der Waals surface area contributed by atoms with Crippen LogP contribution in [0.1, 0.15) is 12.3 Å². The van der Waals surface area contributed by atoms with Crippen molar-refractivity contribution in [3.8, 4) is 34.1 Å². The quantitative estimate of drug-likeness (QED) is 0.442. The number of methoxy groups -OCH3 is 2. The van der Waals surface area contributed by atoms with E-state index in [0.29, 0.717) is 34.8 Å². The number of thiazole rings is 1. The number of nitrogens with zero attached hydrogens (tertiary/aromatic N) is 4. The van der Waals surface area contributed by atoms with Crippen molar-refractivity contribution in [1.29, 1.82) is 0 Å². The molecule has 0 aliphatic carbocycles. The van der Waals surface area contributed by atoms with E-state index in [-0.39, 0.29) is 12.3 Å². The number of nitrogens with one attached hydrogen (secondary N) is 1. The van der Waals surface area contributed by atoms with Gasteiger partial charge in [0.2, 0.25) is 17.6 Å². The molecule has 0 aliphatic rings. The Morgan fingerprint density at radius 1 is 1.13 bits per heavy atom. The first-order valence-electron chi connectivity index (χ1n) is 9.37. The average Bonchev–Trinajstić information content (AvgIpc) is 3.48. The molecule has 1 N–H and O–H groups in total. The summed E-state index contributed by atoms with van der Waals surface area (Å²) in [5, 5.41) is 9.11. The number of carbonyl (C=O) groups excluding carboxylic acids is 1. The number of amides is 1. The normalized spacial score (nSPS) is 10.6. The van der Waals surface area contributed by atoms with Crippen LogP contribution < -0.4 is 14.8 Å². The fraction of sp³-hybridized carbons (Fsp3) is 0.190. The highest BCUT2D eigenvalue weighted by Gasteiger charge is 2.13. The van der Waals surface area contributed by atoms with E-state index in [4.69, 9.17) is 14.0 Å². The standard InChI is InChI=1S/C21H19N5O4S/c1-28-16-6-5-13(10-17(16)29-2)15-12-31-21(23-15)24-18(27)7-8-19-25-20(26-30-19)14-4-3-9-22-11-14/h3-6,9-12H,7-8H2,1-2H3,(H,23,24,27). The van der Waals surface area contributed by atoms with Gasteiger partial charge in [0.15, 0.2) is 16.6 Å². The summed E-state index contributed by atoms with van der Waals surface area (Å²) in [5.41, 5.74) is 2.36. The van der Waals surface area contributed by atoms with Crippen LogP contribution in [0.15, 0.2) is 52.6 Å². The van der Waals surface area contributed by atoms with Crippen molar-refractivity contribution in [2.45, 2.75) is 12.8 Å². The topological polar surface area (TPSA) is 112 Å². The van der Waals surface area contributed by atoms with Crippen LogP contribution in [0, 0.1) is 0 Å². The summed E-state index contributed by atoms with van der Waals surface area (Å²) in [6, 6.07) is 9.18. The highest BCUT2D eigenvalue weighted by molar-refractivity contribution is 7.14. The molecule has 0 unspecified atom stereocenters. The van der Waals surface area contributed by atoms with Crippen molar-refractivity contribution in [2.75, 3.05) is 19.5 Å². The second-order valence-corrected chi connectivity index (χ2v) is 7.27. The molecular weight excluding hydrogens is 418 g/mol. The van der Waals surface area contributed by atoms with Gasteiger partial charge in [-0.15, -0.1) is 11.3 Å². The first-order valence-corrected chi connectivity index (χ1v) is 10.2.